The zero-order valence-corrected chi connectivity index (χ0v) is 3.86. The quantitative estimate of drug-likeness (QED) is 0.439. The highest BCUT2D eigenvalue weighted by Crippen LogP contribution is 1.94. The molecule has 0 aromatic rings. The molecule has 1 heterocycles. The van der Waals surface area contributed by atoms with Crippen LogP contribution in [0.25, 0.3) is 0 Å². The van der Waals surface area contributed by atoms with Crippen molar-refractivity contribution in [2.24, 2.45) is 0 Å². The van der Waals surface area contributed by atoms with Crippen molar-refractivity contribution in [2.45, 2.75) is 6.30 Å². The lowest BCUT2D eigenvalue weighted by atomic mass is 10.5. The third-order valence-electron chi connectivity index (χ3n) is 0.764. The van der Waals surface area contributed by atoms with Gasteiger partial charge in [0.25, 0.3) is 0 Å². The zero-order valence-electron chi connectivity index (χ0n) is 3.86. The highest BCUT2D eigenvalue weighted by Gasteiger charge is 2.08. The smallest absolute Gasteiger partial charge is 0.175 e. The highest BCUT2D eigenvalue weighted by atomic mass is 19.1. The summed E-state index contributed by atoms with van der Waals surface area (Å²) in [4.78, 5) is 0. The Hall–Kier alpha value is -0.150. The molecular formula is C4H7FNO. The van der Waals surface area contributed by atoms with E-state index < -0.39 is 6.30 Å². The van der Waals surface area contributed by atoms with Crippen LogP contribution in [0.5, 0.6) is 0 Å². The van der Waals surface area contributed by atoms with Gasteiger partial charge < -0.3 is 4.74 Å². The summed E-state index contributed by atoms with van der Waals surface area (Å²) in [5.41, 5.74) is 0. The molecule has 1 fully saturated rings. The molecule has 41 valence electrons. The molecule has 1 saturated heterocycles. The van der Waals surface area contributed by atoms with Crippen molar-refractivity contribution in [1.82, 2.24) is 5.32 Å². The van der Waals surface area contributed by atoms with E-state index in [1.165, 1.54) is 0 Å². The van der Waals surface area contributed by atoms with E-state index in [1.807, 2.05) is 0 Å². The van der Waals surface area contributed by atoms with Crippen molar-refractivity contribution >= 4 is 0 Å². The van der Waals surface area contributed by atoms with Crippen LogP contribution in [-0.2, 0) is 4.74 Å². The second kappa shape index (κ2) is 2.23. The molecule has 0 amide bonds. The first kappa shape index (κ1) is 5.00. The zero-order chi connectivity index (χ0) is 5.11. The van der Waals surface area contributed by atoms with Gasteiger partial charge in [-0.25, -0.2) is 4.39 Å². The van der Waals surface area contributed by atoms with Gasteiger partial charge >= 0.3 is 0 Å². The van der Waals surface area contributed by atoms with E-state index in [0.29, 0.717) is 6.61 Å². The summed E-state index contributed by atoms with van der Waals surface area (Å²) < 4.78 is 16.6. The summed E-state index contributed by atoms with van der Waals surface area (Å²) in [6.45, 7) is 2.26. The number of hydrogen-bond donors (Lipinski definition) is 1. The number of alkyl halides is 1. The maximum Gasteiger partial charge on any atom is 0.175 e. The molecule has 1 radical (unpaired) electrons. The van der Waals surface area contributed by atoms with E-state index in [1.54, 1.807) is 6.54 Å². The molecule has 0 spiro atoms. The molecule has 0 aromatic carbocycles. The molecule has 1 atom stereocenters. The third-order valence-corrected chi connectivity index (χ3v) is 0.764. The first-order valence-electron chi connectivity index (χ1n) is 2.19. The summed E-state index contributed by atoms with van der Waals surface area (Å²) in [5.74, 6) is 0. The van der Waals surface area contributed by atoms with Gasteiger partial charge in [0.05, 0.1) is 19.8 Å². The molecule has 2 nitrogen and oxygen atoms in total. The van der Waals surface area contributed by atoms with E-state index in [9.17, 15) is 4.39 Å². The third kappa shape index (κ3) is 1.41. The van der Waals surface area contributed by atoms with Crippen LogP contribution in [0.4, 0.5) is 4.39 Å². The first-order valence-corrected chi connectivity index (χ1v) is 2.19. The van der Waals surface area contributed by atoms with Crippen molar-refractivity contribution in [2.75, 3.05) is 13.2 Å². The van der Waals surface area contributed by atoms with E-state index in [2.05, 4.69) is 10.1 Å². The largest absolute Gasteiger partial charge is 0.375 e. The Balaban J connectivity index is 2.12. The van der Waals surface area contributed by atoms with Crippen molar-refractivity contribution in [1.29, 1.82) is 0 Å². The topological polar surface area (TPSA) is 21.3 Å². The van der Waals surface area contributed by atoms with Gasteiger partial charge in [0.1, 0.15) is 0 Å². The highest BCUT2D eigenvalue weighted by molar-refractivity contribution is 4.68. The van der Waals surface area contributed by atoms with Crippen LogP contribution in [-0.4, -0.2) is 19.5 Å². The Kier molecular flexibility index (Phi) is 1.59. The molecule has 0 bridgehead atoms. The van der Waals surface area contributed by atoms with Gasteiger partial charge in [-0.05, 0) is 0 Å². The summed E-state index contributed by atoms with van der Waals surface area (Å²) in [6.07, 6.45) is -0.992. The van der Waals surface area contributed by atoms with Crippen LogP contribution >= 0.6 is 0 Å². The maximum atomic E-state index is 11.9. The average molecular weight is 104 g/mol. The number of morpholine rings is 1. The molecule has 0 aliphatic carbocycles. The summed E-state index contributed by atoms with van der Waals surface area (Å²) in [6, 6.07) is 0. The van der Waals surface area contributed by atoms with Crippen LogP contribution in [0.2, 0.25) is 0 Å². The van der Waals surface area contributed by atoms with Crippen molar-refractivity contribution in [3.05, 3.63) is 6.54 Å². The van der Waals surface area contributed by atoms with Gasteiger partial charge in [0, 0.05) is 0 Å². The van der Waals surface area contributed by atoms with Crippen LogP contribution < -0.4 is 5.32 Å². The van der Waals surface area contributed by atoms with Gasteiger partial charge in [-0.15, -0.1) is 0 Å². The predicted octanol–water partition coefficient (Wildman–Crippen LogP) is 0.0636. The maximum absolute atomic E-state index is 11.9. The Morgan fingerprint density at radius 1 is 1.86 bits per heavy atom. The van der Waals surface area contributed by atoms with Crippen molar-refractivity contribution in [3.8, 4) is 0 Å². The molecular weight excluding hydrogens is 97.0 g/mol. The molecule has 7 heavy (non-hydrogen) atoms. The first-order chi connectivity index (χ1) is 3.39. The van der Waals surface area contributed by atoms with Gasteiger partial charge in [-0.2, -0.15) is 0 Å². The second-order valence-electron chi connectivity index (χ2n) is 1.38. The number of halogens is 1. The number of hydrogen-bond acceptors (Lipinski definition) is 2. The average Bonchev–Trinajstić information content (AvgIpc) is 1.69. The van der Waals surface area contributed by atoms with E-state index >= 15 is 0 Å². The summed E-state index contributed by atoms with van der Waals surface area (Å²) >= 11 is 0. The standard InChI is InChI=1S/C4H7FNO/c5-4-3-7-2-1-6-4/h1,4,6H,2-3H2. The Labute approximate surface area is 41.7 Å². The van der Waals surface area contributed by atoms with E-state index in [0.717, 1.165) is 0 Å². The van der Waals surface area contributed by atoms with Crippen LogP contribution in [0.3, 0.4) is 0 Å². The molecule has 1 aliphatic heterocycles. The lowest BCUT2D eigenvalue weighted by Crippen LogP contribution is -2.34. The summed E-state index contributed by atoms with van der Waals surface area (Å²) in [5, 5.41) is 2.47. The minimum atomic E-state index is -0.992. The van der Waals surface area contributed by atoms with Gasteiger partial charge in [0.15, 0.2) is 6.30 Å². The Bertz CT molecular complexity index is 53.7. The van der Waals surface area contributed by atoms with Crippen LogP contribution in [0, 0.1) is 6.54 Å². The lowest BCUT2D eigenvalue weighted by molar-refractivity contribution is 0.0468. The fraction of sp³-hybridized carbons (Fsp3) is 0.750. The monoisotopic (exact) mass is 104 g/mol. The predicted molar refractivity (Wildman–Crippen MR) is 23.2 cm³/mol. The van der Waals surface area contributed by atoms with Crippen molar-refractivity contribution < 1.29 is 9.13 Å². The summed E-state index contributed by atoms with van der Waals surface area (Å²) in [7, 11) is 0. The number of ether oxygens (including phenoxy) is 1. The molecule has 1 aliphatic rings. The fourth-order valence-electron chi connectivity index (χ4n) is 0.455. The number of nitrogens with one attached hydrogen (secondary N) is 1. The molecule has 0 aromatic heterocycles. The minimum Gasteiger partial charge on any atom is -0.375 e. The van der Waals surface area contributed by atoms with Gasteiger partial charge in [-0.3, -0.25) is 5.32 Å². The normalized spacial score (nSPS) is 33.0. The van der Waals surface area contributed by atoms with Gasteiger partial charge in [0.2, 0.25) is 0 Å². The number of rotatable bonds is 0. The van der Waals surface area contributed by atoms with E-state index in [4.69, 9.17) is 0 Å². The van der Waals surface area contributed by atoms with Crippen molar-refractivity contribution in [3.63, 3.8) is 0 Å². The molecule has 1 N–H and O–H groups in total. The van der Waals surface area contributed by atoms with Crippen LogP contribution in [0.1, 0.15) is 0 Å². The van der Waals surface area contributed by atoms with Crippen LogP contribution in [0.15, 0.2) is 0 Å². The minimum absolute atomic E-state index is 0.177. The molecule has 3 heteroatoms. The second-order valence-corrected chi connectivity index (χ2v) is 1.38. The Morgan fingerprint density at radius 2 is 2.71 bits per heavy atom. The molecule has 1 unspecified atom stereocenters. The Morgan fingerprint density at radius 3 is 3.00 bits per heavy atom. The lowest BCUT2D eigenvalue weighted by Gasteiger charge is -2.15. The van der Waals surface area contributed by atoms with Gasteiger partial charge in [-0.1, -0.05) is 0 Å². The molecule has 0 saturated carbocycles. The molecule has 1 rings (SSSR count). The SMILES string of the molecule is FC1COC[CH]N1. The van der Waals surface area contributed by atoms with E-state index in [-0.39, 0.29) is 6.61 Å². The fourth-order valence-corrected chi connectivity index (χ4v) is 0.455.